The van der Waals surface area contributed by atoms with Gasteiger partial charge in [-0.3, -0.25) is 48.7 Å². The molecule has 0 aliphatic heterocycles. The average Bonchev–Trinajstić information content (AvgIpc) is 1.41. The maximum absolute atomic E-state index is 15.2. The van der Waals surface area contributed by atoms with E-state index < -0.39 is 14.8 Å². The third kappa shape index (κ3) is 29.2. The van der Waals surface area contributed by atoms with E-state index in [2.05, 4.69) is 77.1 Å². The Balaban J connectivity index is 0.000000404. The molecule has 4 aromatic heterocycles. The van der Waals surface area contributed by atoms with Crippen LogP contribution in [0.1, 0.15) is 443 Å². The number of hydrogen-bond acceptors (Lipinski definition) is 12. The lowest BCUT2D eigenvalue weighted by atomic mass is 9.86. The largest absolute Gasteiger partial charge is 0.397 e. The summed E-state index contributed by atoms with van der Waals surface area (Å²) < 4.78 is 3.09. The highest BCUT2D eigenvalue weighted by atomic mass is 16.6. The molecule has 12 aromatic rings. The van der Waals surface area contributed by atoms with Crippen molar-refractivity contribution in [1.82, 2.24) is 18.8 Å². The van der Waals surface area contributed by atoms with E-state index in [9.17, 15) is 30.3 Å². The van der Waals surface area contributed by atoms with Crippen LogP contribution in [0.5, 0.6) is 0 Å². The highest BCUT2D eigenvalue weighted by Crippen LogP contribution is 2.47. The molecule has 0 bridgehead atoms. The van der Waals surface area contributed by atoms with Crippen LogP contribution >= 0.6 is 0 Å². The van der Waals surface area contributed by atoms with Crippen molar-refractivity contribution in [3.05, 3.63) is 153 Å². The summed E-state index contributed by atoms with van der Waals surface area (Å²) in [5.41, 5.74) is 14.0. The molecule has 17 heteroatoms. The molecule has 0 spiro atoms. The molecule has 0 fully saturated rings. The number of hydrogen-bond donors (Lipinski definition) is 2. The van der Waals surface area contributed by atoms with Crippen molar-refractivity contribution in [1.29, 1.82) is 0 Å². The Morgan fingerprint density at radius 1 is 0.284 bits per heavy atom. The lowest BCUT2D eigenvalue weighted by Crippen LogP contribution is -2.14. The SMILES string of the molecule is CCCCCCCCCCCCC(C#Cc1cc(N)c(N)c([N+](=O)[O-])c1)CCCCCCCCCC.CCCCCCCCCCCCC(C#Cc1cc([N+](=O)[O-])c2nc3c4ccc5c6ccc7c(=O)n8c9cc(C#CC(CCCCCCCCCC)CCCCCCCCCCCC)cc([N+](=O)[O-])c9nc8c8ccc(c9ccc(c(=O)n3c2c1)c4c95)c6c78)CCCCCCCCCC. The fourth-order valence-corrected chi connectivity index (χ4v) is 20.9. The Labute approximate surface area is 799 Å². The van der Waals surface area contributed by atoms with E-state index in [0.29, 0.717) is 77.3 Å². The van der Waals surface area contributed by atoms with Crippen LogP contribution in [0.15, 0.2) is 94.5 Å². The van der Waals surface area contributed by atoms with Crippen LogP contribution < -0.4 is 22.6 Å². The predicted octanol–water partition coefficient (Wildman–Crippen LogP) is 34.2. The van der Waals surface area contributed by atoms with Crippen molar-refractivity contribution in [2.45, 2.75) is 427 Å². The number of nitrogens with two attached hydrogens (primary N) is 2. The molecule has 3 atom stereocenters. The zero-order chi connectivity index (χ0) is 94.8. The molecule has 4 N–H and O–H groups in total. The molecule has 0 amide bonds. The molecule has 8 aromatic carbocycles. The lowest BCUT2D eigenvalue weighted by Gasteiger charge is -2.18. The Hall–Kier alpha value is -10.2. The van der Waals surface area contributed by atoms with Gasteiger partial charge in [0.05, 0.1) is 31.5 Å². The molecule has 12 rings (SSSR count). The minimum absolute atomic E-state index is 0.0198. The summed E-state index contributed by atoms with van der Waals surface area (Å²) in [6.07, 6.45) is 75.3. The van der Waals surface area contributed by atoms with Gasteiger partial charge in [-0.15, -0.1) is 0 Å². The summed E-state index contributed by atoms with van der Waals surface area (Å²) in [6, 6.07) is 25.5. The van der Waals surface area contributed by atoms with Crippen LogP contribution in [0.25, 0.3) is 98.0 Å². The maximum atomic E-state index is 15.2. The molecule has 720 valence electrons. The molecule has 0 aliphatic rings. The minimum Gasteiger partial charge on any atom is -0.397 e. The third-order valence-electron chi connectivity index (χ3n) is 28.7. The normalized spacial score (nSPS) is 12.4. The highest BCUT2D eigenvalue weighted by molar-refractivity contribution is 6.40. The fourth-order valence-electron chi connectivity index (χ4n) is 20.9. The van der Waals surface area contributed by atoms with Crippen molar-refractivity contribution in [3.63, 3.8) is 0 Å². The van der Waals surface area contributed by atoms with E-state index in [-0.39, 0.29) is 62.4 Å². The zero-order valence-electron chi connectivity index (χ0n) is 82.8. The number of imidazole rings is 2. The predicted molar refractivity (Wildman–Crippen MR) is 567 cm³/mol. The van der Waals surface area contributed by atoms with Gasteiger partial charge in [0.1, 0.15) is 17.0 Å². The van der Waals surface area contributed by atoms with Crippen LogP contribution in [-0.4, -0.2) is 33.5 Å². The number of unbranched alkanes of at least 4 members (excludes halogenated alkanes) is 48. The third-order valence-corrected chi connectivity index (χ3v) is 28.7. The van der Waals surface area contributed by atoms with E-state index >= 15 is 9.59 Å². The minimum atomic E-state index is -0.487. The second-order valence-corrected chi connectivity index (χ2v) is 39.4. The van der Waals surface area contributed by atoms with Crippen LogP contribution in [0.4, 0.5) is 28.4 Å². The number of anilines is 2. The van der Waals surface area contributed by atoms with Gasteiger partial charge < -0.3 is 11.5 Å². The summed E-state index contributed by atoms with van der Waals surface area (Å²) >= 11 is 0. The molecule has 0 aliphatic carbocycles. The number of nitrogens with zero attached hydrogens (tertiary/aromatic N) is 7. The van der Waals surface area contributed by atoms with Gasteiger partial charge in [-0.2, -0.15) is 0 Å². The van der Waals surface area contributed by atoms with E-state index in [1.807, 2.05) is 60.7 Å². The van der Waals surface area contributed by atoms with E-state index in [4.69, 9.17) is 21.4 Å². The second-order valence-electron chi connectivity index (χ2n) is 39.4. The molecular weight excluding hydrogens is 1660 g/mol. The zero-order valence-corrected chi connectivity index (χ0v) is 82.8. The van der Waals surface area contributed by atoms with Gasteiger partial charge in [-0.1, -0.05) is 448 Å². The molecule has 0 radical (unpaired) electrons. The van der Waals surface area contributed by atoms with E-state index in [1.165, 1.54) is 339 Å². The van der Waals surface area contributed by atoms with Gasteiger partial charge in [0.2, 0.25) is 0 Å². The molecule has 0 saturated carbocycles. The summed E-state index contributed by atoms with van der Waals surface area (Å²) in [4.78, 5) is 76.6. The first-order valence-corrected chi connectivity index (χ1v) is 53.7. The van der Waals surface area contributed by atoms with Gasteiger partial charge >= 0.3 is 0 Å². The first-order chi connectivity index (χ1) is 65.5. The molecule has 0 saturated heterocycles. The van der Waals surface area contributed by atoms with Crippen molar-refractivity contribution in [3.8, 4) is 35.5 Å². The van der Waals surface area contributed by atoms with Crippen molar-refractivity contribution in [2.24, 2.45) is 17.8 Å². The van der Waals surface area contributed by atoms with Gasteiger partial charge in [0.15, 0.2) is 11.0 Å². The summed E-state index contributed by atoms with van der Waals surface area (Å²) in [5.74, 6) is 21.3. The van der Waals surface area contributed by atoms with Crippen molar-refractivity contribution < 1.29 is 14.8 Å². The highest BCUT2D eigenvalue weighted by Gasteiger charge is 2.29. The molecular formula is C117H159N9O8. The molecule has 4 heterocycles. The monoisotopic (exact) mass is 1820 g/mol. The Morgan fingerprint density at radius 2 is 0.493 bits per heavy atom. The van der Waals surface area contributed by atoms with Crippen molar-refractivity contribution >= 4 is 126 Å². The molecule has 134 heavy (non-hydrogen) atoms. The van der Waals surface area contributed by atoms with Crippen LogP contribution in [0, 0.1) is 83.6 Å². The number of fused-ring (bicyclic) bond motifs is 10. The van der Waals surface area contributed by atoms with E-state index in [1.54, 1.807) is 14.9 Å². The van der Waals surface area contributed by atoms with Gasteiger partial charge in [-0.05, 0) is 113 Å². The number of pyridine rings is 2. The number of nitrogen functional groups attached to an aromatic ring is 2. The Kier molecular flexibility index (Phi) is 43.9. The van der Waals surface area contributed by atoms with Gasteiger partial charge in [0.25, 0.3) is 28.2 Å². The summed E-state index contributed by atoms with van der Waals surface area (Å²) in [6.45, 7) is 13.6. The number of non-ortho nitro benzene ring substituents is 2. The number of nitro benzene ring substituents is 3. The number of aromatic nitrogens is 4. The van der Waals surface area contributed by atoms with Crippen LogP contribution in [-0.2, 0) is 0 Å². The molecule has 17 nitrogen and oxygen atoms in total. The molecule has 3 unspecified atom stereocenters. The summed E-state index contributed by atoms with van der Waals surface area (Å²) in [5, 5.41) is 46.4. The number of benzene rings is 8. The van der Waals surface area contributed by atoms with Gasteiger partial charge in [-0.25, -0.2) is 9.97 Å². The summed E-state index contributed by atoms with van der Waals surface area (Å²) in [7, 11) is 0. The quantitative estimate of drug-likeness (QED) is 0.00687. The second kappa shape index (κ2) is 56.4. The Bertz CT molecular complexity index is 5730. The maximum Gasteiger partial charge on any atom is 0.298 e. The fraction of sp³-hybridized carbons (Fsp3) is 0.590. The van der Waals surface area contributed by atoms with Gasteiger partial charge in [0, 0.05) is 85.0 Å². The first kappa shape index (κ1) is 104. The van der Waals surface area contributed by atoms with Crippen LogP contribution in [0.3, 0.4) is 0 Å². The topological polar surface area (TPSA) is 250 Å². The first-order valence-electron chi connectivity index (χ1n) is 53.7. The van der Waals surface area contributed by atoms with Crippen LogP contribution in [0.2, 0.25) is 0 Å². The smallest absolute Gasteiger partial charge is 0.298 e. The lowest BCUT2D eigenvalue weighted by molar-refractivity contribution is -0.383. The Morgan fingerprint density at radius 3 is 0.739 bits per heavy atom. The average molecular weight is 1820 g/mol. The van der Waals surface area contributed by atoms with Crippen molar-refractivity contribution in [2.75, 3.05) is 11.5 Å². The van der Waals surface area contributed by atoms with E-state index in [0.717, 1.165) is 96.5 Å². The standard InChI is InChI=1S/C86H106N6O6.C31H53N3O2/c1-5-9-13-17-21-25-27-31-35-39-43-61(41-37-33-29-23-19-15-11-7-3)45-47-63-57-73-81(75(59-63)91(95)96)87-83-69-53-49-65-68-52-56-72-80-70(54-50-66(78(68)80)67-51-55-71(79(69)77(65)67)85(93)89(73)83)84-88-82-74(90(84)86(72)94)58-64(60-76(82)92(97)98)48-46-62(42-38-34-30-24-20-16-12-8-4)44-40-36-32-28-26-22-18-14-10-6-2;1-3-5-7-9-11-13-14-16-18-20-22-27(21-19-17-15-12-10-8-6-4-2)23-24-28-25-29(32)31(33)30(26-28)34(35)36/h49-62H,5-44H2,1-4H3;25-27H,3-22,32-33H2,1-2H3. The number of nitro groups is 3. The number of rotatable bonds is 63.